The molecule has 0 bridgehead atoms. The molecule has 0 fully saturated rings. The Labute approximate surface area is 216 Å². The second-order valence-electron chi connectivity index (χ2n) is 8.16. The summed E-state index contributed by atoms with van der Waals surface area (Å²) in [5.41, 5.74) is 7.05. The van der Waals surface area contributed by atoms with Crippen LogP contribution in [0.3, 0.4) is 0 Å². The molecule has 0 radical (unpaired) electrons. The molecule has 10 heteroatoms. The molecule has 5 aromatic rings. The molecule has 0 aliphatic heterocycles. The molecule has 0 saturated carbocycles. The molecule has 2 heterocycles. The van der Waals surface area contributed by atoms with Gasteiger partial charge in [-0.1, -0.05) is 78.9 Å². The first-order valence-electron chi connectivity index (χ1n) is 11.5. The average molecular weight is 508 g/mol. The van der Waals surface area contributed by atoms with Gasteiger partial charge in [0.2, 0.25) is 0 Å². The third-order valence-corrected chi connectivity index (χ3v) is 5.76. The van der Waals surface area contributed by atoms with Crippen molar-refractivity contribution in [3.63, 3.8) is 0 Å². The first kappa shape index (κ1) is 24.2. The molecular weight excluding hydrogens is 488 g/mol. The van der Waals surface area contributed by atoms with Crippen molar-refractivity contribution in [3.05, 3.63) is 140 Å². The smallest absolute Gasteiger partial charge is 0.401 e. The van der Waals surface area contributed by atoms with Crippen LogP contribution in [0.4, 0.5) is 11.8 Å². The zero-order chi connectivity index (χ0) is 26.5. The van der Waals surface area contributed by atoms with Crippen molar-refractivity contribution >= 4 is 17.5 Å². The second-order valence-corrected chi connectivity index (χ2v) is 8.16. The summed E-state index contributed by atoms with van der Waals surface area (Å²) < 4.78 is 11.0. The summed E-state index contributed by atoms with van der Waals surface area (Å²) in [6.07, 6.45) is 0. The predicted octanol–water partition coefficient (Wildman–Crippen LogP) is 6.57. The van der Waals surface area contributed by atoms with E-state index in [9.17, 15) is 20.2 Å². The van der Waals surface area contributed by atoms with Gasteiger partial charge in [0.05, 0.1) is 24.4 Å². The number of nitrogens with zero attached hydrogens (tertiary/aromatic N) is 3. The van der Waals surface area contributed by atoms with Crippen molar-refractivity contribution in [2.45, 2.75) is 6.54 Å². The first-order valence-corrected chi connectivity index (χ1v) is 11.5. The predicted molar refractivity (Wildman–Crippen MR) is 141 cm³/mol. The number of hydrogen-bond donors (Lipinski definition) is 1. The van der Waals surface area contributed by atoms with E-state index in [4.69, 9.17) is 13.9 Å². The lowest BCUT2D eigenvalue weighted by atomic mass is 9.92. The molecule has 38 heavy (non-hydrogen) atoms. The molecule has 188 valence electrons. The van der Waals surface area contributed by atoms with Gasteiger partial charge in [0, 0.05) is 22.3 Å². The molecule has 0 saturated heterocycles. The minimum absolute atomic E-state index is 0.300. The molecule has 0 aliphatic rings. The Balaban J connectivity index is 1.64. The fraction of sp³-hybridized carbons (Fsp3) is 0.0357. The van der Waals surface area contributed by atoms with Gasteiger partial charge in [0.15, 0.2) is 0 Å². The number of hydrogen-bond acceptors (Lipinski definition) is 8. The van der Waals surface area contributed by atoms with Crippen molar-refractivity contribution < 1.29 is 18.7 Å². The van der Waals surface area contributed by atoms with Crippen LogP contribution in [0.5, 0.6) is 0 Å². The van der Waals surface area contributed by atoms with E-state index < -0.39 is 9.85 Å². The van der Waals surface area contributed by atoms with Crippen LogP contribution in [-0.4, -0.2) is 15.6 Å². The molecule has 3 aromatic carbocycles. The summed E-state index contributed by atoms with van der Waals surface area (Å²) in [5.74, 6) is -0.152. The third-order valence-electron chi connectivity index (χ3n) is 5.76. The van der Waals surface area contributed by atoms with Crippen molar-refractivity contribution in [1.29, 1.82) is 0 Å². The summed E-state index contributed by atoms with van der Waals surface area (Å²) in [5, 5.41) is 27.2. The average Bonchev–Trinajstić information content (AvgIpc) is 3.63. The number of benzene rings is 3. The Hall–Kier alpha value is -5.51. The van der Waals surface area contributed by atoms with E-state index >= 15 is 0 Å². The summed E-state index contributed by atoms with van der Waals surface area (Å²) in [7, 11) is 0. The summed E-state index contributed by atoms with van der Waals surface area (Å²) >= 11 is 0. The monoisotopic (exact) mass is 508 g/mol. The van der Waals surface area contributed by atoms with Gasteiger partial charge < -0.3 is 14.3 Å². The highest BCUT2D eigenvalue weighted by Crippen LogP contribution is 2.34. The number of hydrazone groups is 1. The number of furan rings is 2. The van der Waals surface area contributed by atoms with E-state index in [1.807, 2.05) is 54.6 Å². The van der Waals surface area contributed by atoms with Crippen LogP contribution in [0, 0.1) is 20.2 Å². The van der Waals surface area contributed by atoms with Crippen LogP contribution in [0.2, 0.25) is 0 Å². The maximum atomic E-state index is 11.2. The standard InChI is InChI=1S/C28H20N4O6/c33-31(34)26-16-14-24(37-26)20-10-4-6-12-22(20)28(30-29-18-19-8-2-1-3-9-19)23-13-7-5-11-21(23)25-15-17-27(38-25)32(35)36/h1-17,29H,18H2. The van der Waals surface area contributed by atoms with Crippen molar-refractivity contribution in [2.75, 3.05) is 0 Å². The van der Waals surface area contributed by atoms with Crippen LogP contribution in [0.1, 0.15) is 16.7 Å². The normalized spacial score (nSPS) is 10.6. The Morgan fingerprint density at radius 2 is 1.13 bits per heavy atom. The highest BCUT2D eigenvalue weighted by molar-refractivity contribution is 6.18. The Morgan fingerprint density at radius 3 is 1.61 bits per heavy atom. The zero-order valence-corrected chi connectivity index (χ0v) is 19.8. The van der Waals surface area contributed by atoms with Crippen molar-refractivity contribution in [1.82, 2.24) is 5.43 Å². The summed E-state index contributed by atoms with van der Waals surface area (Å²) in [6.45, 7) is 0.438. The fourth-order valence-corrected chi connectivity index (χ4v) is 4.02. The van der Waals surface area contributed by atoms with Crippen LogP contribution < -0.4 is 5.43 Å². The second kappa shape index (κ2) is 10.6. The lowest BCUT2D eigenvalue weighted by molar-refractivity contribution is -0.402. The van der Waals surface area contributed by atoms with Crippen molar-refractivity contribution in [3.8, 4) is 22.6 Å². The van der Waals surface area contributed by atoms with Gasteiger partial charge in [-0.2, -0.15) is 5.10 Å². The fourth-order valence-electron chi connectivity index (χ4n) is 4.02. The van der Waals surface area contributed by atoms with Gasteiger partial charge in [0.25, 0.3) is 0 Å². The molecular formula is C28H20N4O6. The molecule has 5 rings (SSSR count). The Bertz CT molecular complexity index is 1540. The van der Waals surface area contributed by atoms with Crippen LogP contribution in [0.25, 0.3) is 22.6 Å². The molecule has 0 amide bonds. The van der Waals surface area contributed by atoms with Gasteiger partial charge in [-0.25, -0.2) is 0 Å². The highest BCUT2D eigenvalue weighted by Gasteiger charge is 2.22. The summed E-state index contributed by atoms with van der Waals surface area (Å²) in [4.78, 5) is 21.3. The highest BCUT2D eigenvalue weighted by atomic mass is 16.7. The molecule has 2 aromatic heterocycles. The minimum Gasteiger partial charge on any atom is -0.401 e. The minimum atomic E-state index is -0.596. The van der Waals surface area contributed by atoms with Crippen LogP contribution >= 0.6 is 0 Å². The molecule has 0 unspecified atom stereocenters. The van der Waals surface area contributed by atoms with Gasteiger partial charge in [-0.3, -0.25) is 20.2 Å². The number of nitrogens with one attached hydrogen (secondary N) is 1. The van der Waals surface area contributed by atoms with Crippen LogP contribution in [-0.2, 0) is 6.54 Å². The van der Waals surface area contributed by atoms with Gasteiger partial charge in [-0.15, -0.1) is 0 Å². The number of nitro groups is 2. The lowest BCUT2D eigenvalue weighted by Gasteiger charge is -2.15. The van der Waals surface area contributed by atoms with Crippen LogP contribution in [0.15, 0.2) is 117 Å². The molecule has 0 aliphatic carbocycles. The SMILES string of the molecule is O=[N+]([O-])c1ccc(-c2ccccc2C(=NNCc2ccccc2)c2ccccc2-c2ccc([N+](=O)[O-])o2)o1. The number of rotatable bonds is 9. The maximum Gasteiger partial charge on any atom is 0.433 e. The van der Waals surface area contributed by atoms with E-state index in [0.717, 1.165) is 5.56 Å². The largest absolute Gasteiger partial charge is 0.433 e. The zero-order valence-electron chi connectivity index (χ0n) is 19.8. The molecule has 0 atom stereocenters. The Morgan fingerprint density at radius 1 is 0.658 bits per heavy atom. The van der Waals surface area contributed by atoms with Gasteiger partial charge in [-0.05, 0) is 17.7 Å². The first-order chi connectivity index (χ1) is 18.5. The Kier molecular flexibility index (Phi) is 6.77. The van der Waals surface area contributed by atoms with E-state index in [1.165, 1.54) is 24.3 Å². The molecule has 10 nitrogen and oxygen atoms in total. The lowest BCUT2D eigenvalue weighted by Crippen LogP contribution is -2.14. The third kappa shape index (κ3) is 5.05. The van der Waals surface area contributed by atoms with Crippen molar-refractivity contribution in [2.24, 2.45) is 5.10 Å². The molecule has 1 N–H and O–H groups in total. The maximum absolute atomic E-state index is 11.2. The van der Waals surface area contributed by atoms with Gasteiger partial charge >= 0.3 is 11.8 Å². The van der Waals surface area contributed by atoms with E-state index in [0.29, 0.717) is 46.0 Å². The summed E-state index contributed by atoms with van der Waals surface area (Å²) in [6, 6.07) is 29.8. The quantitative estimate of drug-likeness (QED) is 0.135. The van der Waals surface area contributed by atoms with E-state index in [-0.39, 0.29) is 11.8 Å². The van der Waals surface area contributed by atoms with Gasteiger partial charge in [0.1, 0.15) is 21.4 Å². The van der Waals surface area contributed by atoms with E-state index in [1.54, 1.807) is 24.3 Å². The molecule has 0 spiro atoms. The van der Waals surface area contributed by atoms with E-state index in [2.05, 4.69) is 5.43 Å². The topological polar surface area (TPSA) is 137 Å².